The summed E-state index contributed by atoms with van der Waals surface area (Å²) < 4.78 is 5.36. The van der Waals surface area contributed by atoms with Crippen LogP contribution in [0.2, 0.25) is 0 Å². The van der Waals surface area contributed by atoms with E-state index < -0.39 is 5.97 Å². The molecule has 3 aromatic rings. The van der Waals surface area contributed by atoms with Crippen LogP contribution in [0, 0.1) is 6.92 Å². The van der Waals surface area contributed by atoms with E-state index in [4.69, 9.17) is 4.74 Å². The molecule has 0 radical (unpaired) electrons. The highest BCUT2D eigenvalue weighted by Crippen LogP contribution is 2.29. The van der Waals surface area contributed by atoms with Gasteiger partial charge in [0.15, 0.2) is 6.61 Å². The average Bonchev–Trinajstić information content (AvgIpc) is 3.22. The van der Waals surface area contributed by atoms with E-state index in [0.29, 0.717) is 18.0 Å². The third kappa shape index (κ3) is 3.85. The molecule has 0 spiro atoms. The highest BCUT2D eigenvalue weighted by Gasteiger charge is 2.23. The second-order valence-electron chi connectivity index (χ2n) is 6.94. The molecule has 1 aliphatic rings. The number of amides is 1. The highest BCUT2D eigenvalue weighted by atomic mass is 32.1. The topological polar surface area (TPSA) is 46.6 Å². The largest absolute Gasteiger partial charge is 0.451 e. The lowest BCUT2D eigenvalue weighted by Crippen LogP contribution is -2.38. The minimum absolute atomic E-state index is 0.156. The number of thiophene rings is 1. The van der Waals surface area contributed by atoms with E-state index in [2.05, 4.69) is 6.07 Å². The van der Waals surface area contributed by atoms with E-state index in [1.54, 1.807) is 4.90 Å². The van der Waals surface area contributed by atoms with Gasteiger partial charge >= 0.3 is 5.97 Å². The number of nitrogens with zero attached hydrogens (tertiary/aromatic N) is 1. The van der Waals surface area contributed by atoms with Crippen LogP contribution >= 0.6 is 11.3 Å². The van der Waals surface area contributed by atoms with Crippen LogP contribution in [0.4, 0.5) is 0 Å². The summed E-state index contributed by atoms with van der Waals surface area (Å²) in [5.41, 5.74) is 5.42. The summed E-state index contributed by atoms with van der Waals surface area (Å²) >= 11 is 1.34. The maximum Gasteiger partial charge on any atom is 0.349 e. The average molecular weight is 391 g/mol. The number of esters is 1. The Hall–Kier alpha value is -2.92. The molecule has 1 aromatic heterocycles. The standard InChI is InChI=1S/C23H21NO3S/c1-16-6-8-18(9-7-16)20-11-13-28-22(20)23(26)27-15-21(25)24-12-10-17-4-2-3-5-19(17)14-24/h2-9,11,13H,10,12,14-15H2,1H3. The van der Waals surface area contributed by atoms with Crippen molar-refractivity contribution in [2.45, 2.75) is 19.9 Å². The molecule has 1 amide bonds. The number of benzene rings is 2. The van der Waals surface area contributed by atoms with Crippen molar-refractivity contribution in [1.29, 1.82) is 0 Å². The van der Waals surface area contributed by atoms with Crippen LogP contribution in [0.3, 0.4) is 0 Å². The molecular weight excluding hydrogens is 370 g/mol. The monoisotopic (exact) mass is 391 g/mol. The van der Waals surface area contributed by atoms with Crippen molar-refractivity contribution in [2.75, 3.05) is 13.2 Å². The molecule has 0 unspecified atom stereocenters. The molecule has 1 aliphatic heterocycles. The fourth-order valence-corrected chi connectivity index (χ4v) is 4.23. The second kappa shape index (κ2) is 7.98. The van der Waals surface area contributed by atoms with Crippen LogP contribution in [0.15, 0.2) is 60.0 Å². The van der Waals surface area contributed by atoms with Gasteiger partial charge in [-0.05, 0) is 41.5 Å². The number of carbonyl (C=O) groups excluding carboxylic acids is 2. The number of ether oxygens (including phenoxy) is 1. The number of aryl methyl sites for hydroxylation is 1. The summed E-state index contributed by atoms with van der Waals surface area (Å²) in [7, 11) is 0. The van der Waals surface area contributed by atoms with Gasteiger partial charge in [0.05, 0.1) is 0 Å². The SMILES string of the molecule is Cc1ccc(-c2ccsc2C(=O)OCC(=O)N2CCc3ccccc3C2)cc1. The van der Waals surface area contributed by atoms with E-state index in [1.165, 1.54) is 16.9 Å². The van der Waals surface area contributed by atoms with E-state index in [-0.39, 0.29) is 12.5 Å². The van der Waals surface area contributed by atoms with Gasteiger partial charge in [-0.15, -0.1) is 11.3 Å². The lowest BCUT2D eigenvalue weighted by Gasteiger charge is -2.28. The van der Waals surface area contributed by atoms with Gasteiger partial charge in [-0.2, -0.15) is 0 Å². The third-order valence-electron chi connectivity index (χ3n) is 5.02. The Morgan fingerprint density at radius 1 is 1.04 bits per heavy atom. The zero-order chi connectivity index (χ0) is 19.5. The molecular formula is C23H21NO3S. The van der Waals surface area contributed by atoms with E-state index in [0.717, 1.165) is 28.7 Å². The quantitative estimate of drug-likeness (QED) is 0.617. The summed E-state index contributed by atoms with van der Waals surface area (Å²) in [5, 5.41) is 1.87. The molecule has 0 bridgehead atoms. The fourth-order valence-electron chi connectivity index (χ4n) is 3.42. The molecule has 0 atom stereocenters. The molecule has 2 aromatic carbocycles. The van der Waals surface area contributed by atoms with Crippen molar-refractivity contribution in [1.82, 2.24) is 4.90 Å². The molecule has 0 fully saturated rings. The molecule has 28 heavy (non-hydrogen) atoms. The van der Waals surface area contributed by atoms with Crippen molar-refractivity contribution in [2.24, 2.45) is 0 Å². The van der Waals surface area contributed by atoms with E-state index in [9.17, 15) is 9.59 Å². The second-order valence-corrected chi connectivity index (χ2v) is 7.86. The Bertz CT molecular complexity index is 1010. The summed E-state index contributed by atoms with van der Waals surface area (Å²) in [5.74, 6) is -0.604. The molecule has 0 N–H and O–H groups in total. The van der Waals surface area contributed by atoms with Crippen LogP contribution in [0.25, 0.3) is 11.1 Å². The number of hydrogen-bond acceptors (Lipinski definition) is 4. The smallest absolute Gasteiger partial charge is 0.349 e. The van der Waals surface area contributed by atoms with Gasteiger partial charge in [0, 0.05) is 18.7 Å². The third-order valence-corrected chi connectivity index (χ3v) is 5.92. The summed E-state index contributed by atoms with van der Waals surface area (Å²) in [6, 6.07) is 18.1. The normalized spacial score (nSPS) is 13.1. The van der Waals surface area contributed by atoms with Crippen molar-refractivity contribution in [3.63, 3.8) is 0 Å². The maximum absolute atomic E-state index is 12.6. The molecule has 5 heteroatoms. The van der Waals surface area contributed by atoms with Gasteiger partial charge in [-0.25, -0.2) is 4.79 Å². The van der Waals surface area contributed by atoms with Gasteiger partial charge in [0.1, 0.15) is 4.88 Å². The van der Waals surface area contributed by atoms with Crippen molar-refractivity contribution in [3.05, 3.63) is 81.5 Å². The van der Waals surface area contributed by atoms with E-state index >= 15 is 0 Å². The van der Waals surface area contributed by atoms with Crippen LogP contribution in [-0.2, 0) is 22.5 Å². The molecule has 0 saturated heterocycles. The number of rotatable bonds is 4. The number of fused-ring (bicyclic) bond motifs is 1. The molecule has 2 heterocycles. The maximum atomic E-state index is 12.6. The summed E-state index contributed by atoms with van der Waals surface area (Å²) in [4.78, 5) is 27.4. The highest BCUT2D eigenvalue weighted by molar-refractivity contribution is 7.12. The van der Waals surface area contributed by atoms with Crippen LogP contribution < -0.4 is 0 Å². The van der Waals surface area contributed by atoms with Crippen LogP contribution in [0.1, 0.15) is 26.4 Å². The molecule has 0 aliphatic carbocycles. The van der Waals surface area contributed by atoms with Crippen molar-refractivity contribution in [3.8, 4) is 11.1 Å². The molecule has 142 valence electrons. The van der Waals surface area contributed by atoms with Gasteiger partial charge in [0.2, 0.25) is 0 Å². The Labute approximate surface area is 168 Å². The predicted octanol–water partition coefficient (Wildman–Crippen LogP) is 4.47. The number of carbonyl (C=O) groups is 2. The minimum atomic E-state index is -0.448. The van der Waals surface area contributed by atoms with Crippen LogP contribution in [0.5, 0.6) is 0 Å². The first-order valence-corrected chi connectivity index (χ1v) is 10.2. The Kier molecular flexibility index (Phi) is 5.26. The molecule has 4 nitrogen and oxygen atoms in total. The summed E-state index contributed by atoms with van der Waals surface area (Å²) in [6.45, 7) is 3.02. The van der Waals surface area contributed by atoms with E-state index in [1.807, 2.05) is 60.8 Å². The van der Waals surface area contributed by atoms with Crippen molar-refractivity contribution >= 4 is 23.2 Å². The Morgan fingerprint density at radius 3 is 2.57 bits per heavy atom. The van der Waals surface area contributed by atoms with Gasteiger partial charge in [-0.1, -0.05) is 54.1 Å². The molecule has 0 saturated carbocycles. The lowest BCUT2D eigenvalue weighted by atomic mass is 10.00. The first kappa shape index (κ1) is 18.4. The Balaban J connectivity index is 1.40. The summed E-state index contributed by atoms with van der Waals surface area (Å²) in [6.07, 6.45) is 0.832. The predicted molar refractivity (Wildman–Crippen MR) is 110 cm³/mol. The number of hydrogen-bond donors (Lipinski definition) is 0. The lowest BCUT2D eigenvalue weighted by molar-refractivity contribution is -0.135. The van der Waals surface area contributed by atoms with Gasteiger partial charge in [-0.3, -0.25) is 4.79 Å². The fraction of sp³-hybridized carbons (Fsp3) is 0.217. The minimum Gasteiger partial charge on any atom is -0.451 e. The van der Waals surface area contributed by atoms with Gasteiger partial charge < -0.3 is 9.64 Å². The first-order valence-electron chi connectivity index (χ1n) is 9.28. The first-order chi connectivity index (χ1) is 13.6. The zero-order valence-electron chi connectivity index (χ0n) is 15.7. The Morgan fingerprint density at radius 2 is 1.79 bits per heavy atom. The zero-order valence-corrected chi connectivity index (χ0v) is 16.5. The van der Waals surface area contributed by atoms with Crippen molar-refractivity contribution < 1.29 is 14.3 Å². The van der Waals surface area contributed by atoms with Crippen LogP contribution in [-0.4, -0.2) is 29.9 Å². The van der Waals surface area contributed by atoms with Gasteiger partial charge in [0.25, 0.3) is 5.91 Å². The molecule has 4 rings (SSSR count).